The molecule has 86 valence electrons. The Morgan fingerprint density at radius 2 is 1.87 bits per heavy atom. The number of hydrogen-bond acceptors (Lipinski definition) is 2. The largest absolute Gasteiger partial charge is 0.481 e. The molecule has 2 N–H and O–H groups in total. The van der Waals surface area contributed by atoms with Gasteiger partial charge in [-0.2, -0.15) is 0 Å². The lowest BCUT2D eigenvalue weighted by molar-refractivity contribution is -0.167. The molecule has 5 unspecified atom stereocenters. The van der Waals surface area contributed by atoms with Crippen molar-refractivity contribution in [1.82, 2.24) is 0 Å². The Morgan fingerprint density at radius 1 is 1.20 bits per heavy atom. The predicted octanol–water partition coefficient (Wildman–Crippen LogP) is 1.89. The highest BCUT2D eigenvalue weighted by molar-refractivity contribution is 5.72. The summed E-state index contributed by atoms with van der Waals surface area (Å²) in [6.07, 6.45) is 3.56. The zero-order valence-corrected chi connectivity index (χ0v) is 9.44. The van der Waals surface area contributed by atoms with Crippen LogP contribution in [0.4, 0.5) is 0 Å². The molecule has 2 saturated carbocycles. The molecule has 0 saturated heterocycles. The number of hydrogen-bond donors (Lipinski definition) is 2. The molecule has 0 bridgehead atoms. The minimum Gasteiger partial charge on any atom is -0.481 e. The van der Waals surface area contributed by atoms with Crippen LogP contribution in [0, 0.1) is 23.7 Å². The molecule has 0 aliphatic heterocycles. The van der Waals surface area contributed by atoms with Crippen LogP contribution in [0.25, 0.3) is 0 Å². The molecule has 3 nitrogen and oxygen atoms in total. The monoisotopic (exact) mass is 212 g/mol. The first-order valence-corrected chi connectivity index (χ1v) is 5.92. The van der Waals surface area contributed by atoms with Crippen molar-refractivity contribution in [3.05, 3.63) is 0 Å². The fourth-order valence-electron chi connectivity index (χ4n) is 3.82. The Kier molecular flexibility index (Phi) is 2.53. The van der Waals surface area contributed by atoms with Crippen molar-refractivity contribution in [3.63, 3.8) is 0 Å². The summed E-state index contributed by atoms with van der Waals surface area (Å²) in [5.74, 6) is -0.585. The number of carbonyl (C=O) groups is 1. The summed E-state index contributed by atoms with van der Waals surface area (Å²) in [5, 5.41) is 19.8. The SMILES string of the molecule is CC1CCC2(O)C1CCC(C)C2C(=O)O. The molecule has 3 heteroatoms. The number of carboxylic acids is 1. The number of fused-ring (bicyclic) bond motifs is 1. The first-order valence-electron chi connectivity index (χ1n) is 5.92. The second-order valence-electron chi connectivity index (χ2n) is 5.48. The van der Waals surface area contributed by atoms with Crippen molar-refractivity contribution in [2.45, 2.75) is 45.1 Å². The van der Waals surface area contributed by atoms with Crippen molar-refractivity contribution in [2.75, 3.05) is 0 Å². The summed E-state index contributed by atoms with van der Waals surface area (Å²) < 4.78 is 0. The molecule has 0 aromatic carbocycles. The van der Waals surface area contributed by atoms with Crippen LogP contribution in [-0.2, 0) is 4.79 Å². The zero-order chi connectivity index (χ0) is 11.2. The molecule has 0 aromatic rings. The van der Waals surface area contributed by atoms with Crippen LogP contribution >= 0.6 is 0 Å². The molecule has 2 fully saturated rings. The van der Waals surface area contributed by atoms with E-state index in [9.17, 15) is 15.0 Å². The summed E-state index contributed by atoms with van der Waals surface area (Å²) in [6, 6.07) is 0. The Morgan fingerprint density at radius 3 is 2.47 bits per heavy atom. The van der Waals surface area contributed by atoms with Crippen LogP contribution < -0.4 is 0 Å². The summed E-state index contributed by atoms with van der Waals surface area (Å²) >= 11 is 0. The highest BCUT2D eigenvalue weighted by Crippen LogP contribution is 2.53. The lowest BCUT2D eigenvalue weighted by Crippen LogP contribution is -2.52. The molecule has 5 atom stereocenters. The molecule has 2 aliphatic rings. The normalized spacial score (nSPS) is 50.1. The first kappa shape index (κ1) is 10.9. The van der Waals surface area contributed by atoms with E-state index in [1.165, 1.54) is 0 Å². The van der Waals surface area contributed by atoms with Gasteiger partial charge >= 0.3 is 5.97 Å². The highest BCUT2D eigenvalue weighted by Gasteiger charge is 2.56. The maximum atomic E-state index is 11.3. The van der Waals surface area contributed by atoms with Crippen molar-refractivity contribution >= 4 is 5.97 Å². The molecule has 0 heterocycles. The number of rotatable bonds is 1. The van der Waals surface area contributed by atoms with E-state index >= 15 is 0 Å². The van der Waals surface area contributed by atoms with E-state index in [4.69, 9.17) is 0 Å². The van der Waals surface area contributed by atoms with E-state index in [-0.39, 0.29) is 11.8 Å². The van der Waals surface area contributed by atoms with Gasteiger partial charge in [0.1, 0.15) is 0 Å². The van der Waals surface area contributed by atoms with E-state index in [0.29, 0.717) is 12.3 Å². The first-order chi connectivity index (χ1) is 6.97. The van der Waals surface area contributed by atoms with E-state index in [0.717, 1.165) is 19.3 Å². The van der Waals surface area contributed by atoms with Gasteiger partial charge in [-0.15, -0.1) is 0 Å². The third-order valence-electron chi connectivity index (χ3n) is 4.64. The smallest absolute Gasteiger partial charge is 0.309 e. The molecular weight excluding hydrogens is 192 g/mol. The van der Waals surface area contributed by atoms with Gasteiger partial charge < -0.3 is 10.2 Å². The molecule has 0 spiro atoms. The van der Waals surface area contributed by atoms with E-state index in [2.05, 4.69) is 6.92 Å². The van der Waals surface area contributed by atoms with Crippen LogP contribution in [0.1, 0.15) is 39.5 Å². The maximum absolute atomic E-state index is 11.3. The maximum Gasteiger partial charge on any atom is 0.309 e. The second-order valence-corrected chi connectivity index (χ2v) is 5.48. The fourth-order valence-corrected chi connectivity index (χ4v) is 3.82. The van der Waals surface area contributed by atoms with Crippen LogP contribution in [0.2, 0.25) is 0 Å². The summed E-state index contributed by atoms with van der Waals surface area (Å²) in [7, 11) is 0. The highest BCUT2D eigenvalue weighted by atomic mass is 16.4. The average molecular weight is 212 g/mol. The van der Waals surface area contributed by atoms with Gasteiger partial charge in [0.2, 0.25) is 0 Å². The van der Waals surface area contributed by atoms with Crippen LogP contribution in [0.5, 0.6) is 0 Å². The Balaban J connectivity index is 2.31. The Labute approximate surface area is 90.5 Å². The molecule has 2 rings (SSSR count). The van der Waals surface area contributed by atoms with Gasteiger partial charge in [0.25, 0.3) is 0 Å². The lowest BCUT2D eigenvalue weighted by atomic mass is 9.64. The van der Waals surface area contributed by atoms with Crippen molar-refractivity contribution in [3.8, 4) is 0 Å². The van der Waals surface area contributed by atoms with Crippen LogP contribution in [0.3, 0.4) is 0 Å². The van der Waals surface area contributed by atoms with E-state index in [1.807, 2.05) is 6.92 Å². The van der Waals surface area contributed by atoms with Crippen molar-refractivity contribution in [2.24, 2.45) is 23.7 Å². The van der Waals surface area contributed by atoms with Gasteiger partial charge in [0.15, 0.2) is 0 Å². The quantitative estimate of drug-likeness (QED) is 0.698. The molecule has 0 amide bonds. The van der Waals surface area contributed by atoms with Gasteiger partial charge in [-0.1, -0.05) is 13.8 Å². The summed E-state index contributed by atoms with van der Waals surface area (Å²) in [5.41, 5.74) is -0.928. The standard InChI is InChI=1S/C12H20O3/c1-7-5-6-12(15)9(7)4-3-8(2)10(12)11(13)14/h7-10,15H,3-6H2,1-2H3,(H,13,14). The van der Waals surface area contributed by atoms with E-state index < -0.39 is 17.5 Å². The second kappa shape index (κ2) is 3.48. The van der Waals surface area contributed by atoms with Gasteiger partial charge in [-0.05, 0) is 43.4 Å². The lowest BCUT2D eigenvalue weighted by Gasteiger charge is -2.44. The molecule has 2 aliphatic carbocycles. The Hall–Kier alpha value is -0.570. The average Bonchev–Trinajstić information content (AvgIpc) is 2.41. The zero-order valence-electron chi connectivity index (χ0n) is 9.44. The number of carboxylic acid groups (broad SMARTS) is 1. The van der Waals surface area contributed by atoms with Gasteiger partial charge in [-0.3, -0.25) is 4.79 Å². The fraction of sp³-hybridized carbons (Fsp3) is 0.917. The molecular formula is C12H20O3. The third-order valence-corrected chi connectivity index (χ3v) is 4.64. The predicted molar refractivity (Wildman–Crippen MR) is 56.4 cm³/mol. The van der Waals surface area contributed by atoms with Gasteiger partial charge in [0.05, 0.1) is 11.5 Å². The summed E-state index contributed by atoms with van der Waals surface area (Å²) in [4.78, 5) is 11.3. The van der Waals surface area contributed by atoms with Crippen molar-refractivity contribution in [1.29, 1.82) is 0 Å². The van der Waals surface area contributed by atoms with E-state index in [1.54, 1.807) is 0 Å². The number of aliphatic carboxylic acids is 1. The molecule has 0 radical (unpaired) electrons. The van der Waals surface area contributed by atoms with Crippen LogP contribution in [-0.4, -0.2) is 21.8 Å². The van der Waals surface area contributed by atoms with Gasteiger partial charge in [-0.25, -0.2) is 0 Å². The van der Waals surface area contributed by atoms with Crippen molar-refractivity contribution < 1.29 is 15.0 Å². The minimum atomic E-state index is -0.928. The van der Waals surface area contributed by atoms with Gasteiger partial charge in [0, 0.05) is 0 Å². The minimum absolute atomic E-state index is 0.106. The molecule has 0 aromatic heterocycles. The Bertz CT molecular complexity index is 276. The summed E-state index contributed by atoms with van der Waals surface area (Å²) in [6.45, 7) is 4.09. The topological polar surface area (TPSA) is 57.5 Å². The van der Waals surface area contributed by atoms with Crippen LogP contribution in [0.15, 0.2) is 0 Å². The number of aliphatic hydroxyl groups is 1. The third kappa shape index (κ3) is 1.48. The molecule has 15 heavy (non-hydrogen) atoms.